The van der Waals surface area contributed by atoms with Gasteiger partial charge in [0.15, 0.2) is 0 Å². The molecule has 2 aromatic heterocycles. The van der Waals surface area contributed by atoms with Gasteiger partial charge in [0.1, 0.15) is 6.54 Å². The number of hydrogen-bond acceptors (Lipinski definition) is 7. The lowest BCUT2D eigenvalue weighted by Crippen LogP contribution is -2.13. The first kappa shape index (κ1) is 14.5. The van der Waals surface area contributed by atoms with E-state index < -0.39 is 0 Å². The number of carbonyl (C=O) groups is 1. The molecule has 20 heavy (non-hydrogen) atoms. The molecule has 9 heteroatoms. The Morgan fingerprint density at radius 2 is 2.35 bits per heavy atom. The maximum atomic E-state index is 11.2. The van der Waals surface area contributed by atoms with Crippen LogP contribution < -0.4 is 0 Å². The molecule has 0 bridgehead atoms. The summed E-state index contributed by atoms with van der Waals surface area (Å²) >= 11 is 1.46. The summed E-state index contributed by atoms with van der Waals surface area (Å²) < 4.78 is 8.13. The van der Waals surface area contributed by atoms with Gasteiger partial charge in [-0.25, -0.2) is 9.67 Å². The zero-order valence-corrected chi connectivity index (χ0v) is 12.2. The molecule has 0 saturated carbocycles. The molecule has 0 N–H and O–H groups in total. The van der Waals surface area contributed by atoms with E-state index in [9.17, 15) is 4.79 Å². The van der Waals surface area contributed by atoms with Crippen molar-refractivity contribution in [3.05, 3.63) is 18.2 Å². The second-order valence-corrected chi connectivity index (χ2v) is 5.00. The molecular formula is C11H16N6O2S. The minimum atomic E-state index is -0.379. The van der Waals surface area contributed by atoms with E-state index >= 15 is 0 Å². The highest BCUT2D eigenvalue weighted by Crippen LogP contribution is 2.19. The molecule has 0 unspecified atom stereocenters. The van der Waals surface area contributed by atoms with E-state index in [0.29, 0.717) is 10.9 Å². The molecule has 108 valence electrons. The number of thioether (sulfide) groups is 1. The zero-order valence-electron chi connectivity index (χ0n) is 11.4. The lowest BCUT2D eigenvalue weighted by molar-refractivity contribution is -0.141. The number of aryl methyl sites for hydroxylation is 1. The quantitative estimate of drug-likeness (QED) is 0.550. The summed E-state index contributed by atoms with van der Waals surface area (Å²) in [6.45, 7) is 3.07. The van der Waals surface area contributed by atoms with Crippen LogP contribution in [-0.4, -0.2) is 42.8 Å². The summed E-state index contributed by atoms with van der Waals surface area (Å²) in [6.07, 6.45) is 4.70. The van der Waals surface area contributed by atoms with Crippen LogP contribution in [0.5, 0.6) is 0 Å². The summed E-state index contributed by atoms with van der Waals surface area (Å²) in [5.41, 5.74) is 1.10. The third-order valence-corrected chi connectivity index (χ3v) is 3.61. The number of aromatic nitrogens is 6. The summed E-state index contributed by atoms with van der Waals surface area (Å²) in [6, 6.07) is 0. The molecule has 2 rings (SSSR count). The zero-order chi connectivity index (χ0) is 14.4. The average Bonchev–Trinajstić information content (AvgIpc) is 3.06. The van der Waals surface area contributed by atoms with Crippen LogP contribution in [0.25, 0.3) is 0 Å². The number of carbonyl (C=O) groups excluding carboxylic acids is 1. The Kier molecular flexibility index (Phi) is 5.10. The smallest absolute Gasteiger partial charge is 0.327 e. The Hall–Kier alpha value is -1.90. The first-order chi connectivity index (χ1) is 9.74. The van der Waals surface area contributed by atoms with Gasteiger partial charge in [-0.1, -0.05) is 18.7 Å². The van der Waals surface area contributed by atoms with E-state index in [0.717, 1.165) is 18.7 Å². The van der Waals surface area contributed by atoms with Crippen LogP contribution in [0.4, 0.5) is 0 Å². The van der Waals surface area contributed by atoms with Crippen molar-refractivity contribution in [3.8, 4) is 0 Å². The lowest BCUT2D eigenvalue weighted by atomic mass is 10.4. The third kappa shape index (κ3) is 3.56. The van der Waals surface area contributed by atoms with Crippen molar-refractivity contribution in [1.29, 1.82) is 0 Å². The Morgan fingerprint density at radius 1 is 1.50 bits per heavy atom. The molecule has 0 aliphatic carbocycles. The molecule has 0 spiro atoms. The highest BCUT2D eigenvalue weighted by atomic mass is 32.2. The molecule has 0 atom stereocenters. The normalized spacial score (nSPS) is 10.7. The van der Waals surface area contributed by atoms with E-state index in [4.69, 9.17) is 0 Å². The van der Waals surface area contributed by atoms with Gasteiger partial charge in [0.2, 0.25) is 5.16 Å². The topological polar surface area (TPSA) is 87.7 Å². The number of rotatable bonds is 7. The maximum Gasteiger partial charge on any atom is 0.327 e. The number of ether oxygens (including phenoxy) is 1. The standard InChI is InChI=1S/C11H16N6O2S/c1-3-4-16-8-12-5-9(16)7-20-11-13-14-15-17(11)6-10(18)19-2/h5,8H,3-4,6-7H2,1-2H3. The number of nitrogens with zero attached hydrogens (tertiary/aromatic N) is 6. The van der Waals surface area contributed by atoms with Crippen molar-refractivity contribution in [2.45, 2.75) is 37.3 Å². The predicted octanol–water partition coefficient (Wildman–Crippen LogP) is 0.745. The highest BCUT2D eigenvalue weighted by molar-refractivity contribution is 7.98. The van der Waals surface area contributed by atoms with Crippen LogP contribution in [0.2, 0.25) is 0 Å². The van der Waals surface area contributed by atoms with Crippen LogP contribution in [0.15, 0.2) is 17.7 Å². The van der Waals surface area contributed by atoms with Crippen molar-refractivity contribution in [1.82, 2.24) is 29.8 Å². The van der Waals surface area contributed by atoms with Crippen molar-refractivity contribution < 1.29 is 9.53 Å². The first-order valence-corrected chi connectivity index (χ1v) is 7.18. The minimum absolute atomic E-state index is 0.0139. The molecule has 2 aromatic rings. The van der Waals surface area contributed by atoms with E-state index in [-0.39, 0.29) is 12.5 Å². The molecule has 0 fully saturated rings. The fraction of sp³-hybridized carbons (Fsp3) is 0.545. The van der Waals surface area contributed by atoms with Crippen LogP contribution in [0.3, 0.4) is 0 Å². The van der Waals surface area contributed by atoms with Gasteiger partial charge in [-0.15, -0.1) is 5.10 Å². The monoisotopic (exact) mass is 296 g/mol. The molecular weight excluding hydrogens is 280 g/mol. The summed E-state index contributed by atoms with van der Waals surface area (Å²) in [5, 5.41) is 11.8. The lowest BCUT2D eigenvalue weighted by Gasteiger charge is -2.06. The third-order valence-electron chi connectivity index (χ3n) is 2.62. The first-order valence-electron chi connectivity index (χ1n) is 6.19. The number of imidazole rings is 1. The van der Waals surface area contributed by atoms with Gasteiger partial charge in [0.05, 0.1) is 13.4 Å². The Bertz CT molecular complexity index is 567. The van der Waals surface area contributed by atoms with Gasteiger partial charge in [-0.05, 0) is 16.8 Å². The van der Waals surface area contributed by atoms with E-state index in [2.05, 4.69) is 36.7 Å². The fourth-order valence-electron chi connectivity index (χ4n) is 1.63. The van der Waals surface area contributed by atoms with Gasteiger partial charge < -0.3 is 9.30 Å². The summed E-state index contributed by atoms with van der Waals surface area (Å²) in [4.78, 5) is 15.4. The summed E-state index contributed by atoms with van der Waals surface area (Å²) in [7, 11) is 1.34. The molecule has 0 saturated heterocycles. The molecule has 8 nitrogen and oxygen atoms in total. The average molecular weight is 296 g/mol. The fourth-order valence-corrected chi connectivity index (χ4v) is 2.50. The minimum Gasteiger partial charge on any atom is -0.468 e. The van der Waals surface area contributed by atoms with Gasteiger partial charge in [0, 0.05) is 24.2 Å². The second-order valence-electron chi connectivity index (χ2n) is 4.06. The van der Waals surface area contributed by atoms with E-state index in [1.54, 1.807) is 0 Å². The van der Waals surface area contributed by atoms with Crippen molar-refractivity contribution in [2.24, 2.45) is 0 Å². The largest absolute Gasteiger partial charge is 0.468 e. The van der Waals surface area contributed by atoms with Crippen molar-refractivity contribution in [3.63, 3.8) is 0 Å². The number of esters is 1. The van der Waals surface area contributed by atoms with Crippen LogP contribution in [-0.2, 0) is 28.4 Å². The van der Waals surface area contributed by atoms with Gasteiger partial charge in [0.25, 0.3) is 0 Å². The molecule has 0 radical (unpaired) electrons. The maximum absolute atomic E-state index is 11.2. The van der Waals surface area contributed by atoms with Gasteiger partial charge >= 0.3 is 5.97 Å². The van der Waals surface area contributed by atoms with Gasteiger partial charge in [-0.3, -0.25) is 4.79 Å². The van der Waals surface area contributed by atoms with Crippen LogP contribution in [0.1, 0.15) is 19.0 Å². The Balaban J connectivity index is 1.98. The molecule has 0 aromatic carbocycles. The van der Waals surface area contributed by atoms with E-state index in [1.807, 2.05) is 12.5 Å². The summed E-state index contributed by atoms with van der Waals surface area (Å²) in [5.74, 6) is 0.317. The van der Waals surface area contributed by atoms with Crippen LogP contribution in [0, 0.1) is 0 Å². The van der Waals surface area contributed by atoms with Crippen molar-refractivity contribution >= 4 is 17.7 Å². The second kappa shape index (κ2) is 7.04. The molecule has 2 heterocycles. The molecule has 0 aliphatic rings. The molecule has 0 aliphatic heterocycles. The highest BCUT2D eigenvalue weighted by Gasteiger charge is 2.12. The van der Waals surface area contributed by atoms with Crippen LogP contribution >= 0.6 is 11.8 Å². The SMILES string of the molecule is CCCn1cncc1CSc1nnnn1CC(=O)OC. The number of hydrogen-bond donors (Lipinski definition) is 0. The van der Waals surface area contributed by atoms with Gasteiger partial charge in [-0.2, -0.15) is 0 Å². The van der Waals surface area contributed by atoms with Crippen molar-refractivity contribution in [2.75, 3.05) is 7.11 Å². The number of methoxy groups -OCH3 is 1. The molecule has 0 amide bonds. The Labute approximate surface area is 120 Å². The van der Waals surface area contributed by atoms with E-state index in [1.165, 1.54) is 23.6 Å². The predicted molar refractivity (Wildman–Crippen MR) is 71.9 cm³/mol. The Morgan fingerprint density at radius 3 is 3.10 bits per heavy atom. The number of tetrazole rings is 1.